The highest BCUT2D eigenvalue weighted by molar-refractivity contribution is 5.76. The smallest absolute Gasteiger partial charge is 0.222 e. The number of aliphatic hydroxyl groups excluding tert-OH is 1. The first kappa shape index (κ1) is 13.5. The normalized spacial score (nSPS) is 19.8. The van der Waals surface area contributed by atoms with Gasteiger partial charge in [0.05, 0.1) is 0 Å². The van der Waals surface area contributed by atoms with Gasteiger partial charge in [0, 0.05) is 45.2 Å². The number of hydrogen-bond donors (Lipinski definition) is 1. The predicted molar refractivity (Wildman–Crippen MR) is 64.2 cm³/mol. The van der Waals surface area contributed by atoms with Gasteiger partial charge in [-0.2, -0.15) is 0 Å². The molecule has 0 spiro atoms. The van der Waals surface area contributed by atoms with Gasteiger partial charge in [-0.15, -0.1) is 0 Å². The standard InChI is InChI=1S/C12H24N2O2/c1-3-11(2)13-6-8-14(9-7-13)12(16)5-4-10-15/h11,15H,3-10H2,1-2H3. The van der Waals surface area contributed by atoms with E-state index in [2.05, 4.69) is 18.7 Å². The molecule has 0 aliphatic carbocycles. The van der Waals surface area contributed by atoms with Gasteiger partial charge in [-0.25, -0.2) is 0 Å². The van der Waals surface area contributed by atoms with Crippen molar-refractivity contribution < 1.29 is 9.90 Å². The monoisotopic (exact) mass is 228 g/mol. The fourth-order valence-corrected chi connectivity index (χ4v) is 2.06. The third-order valence-electron chi connectivity index (χ3n) is 3.43. The zero-order chi connectivity index (χ0) is 12.0. The van der Waals surface area contributed by atoms with E-state index in [0.717, 1.165) is 26.2 Å². The number of amides is 1. The van der Waals surface area contributed by atoms with Crippen LogP contribution in [0.3, 0.4) is 0 Å². The number of carbonyl (C=O) groups excluding carboxylic acids is 1. The maximum atomic E-state index is 11.7. The predicted octanol–water partition coefficient (Wildman–Crippen LogP) is 0.702. The van der Waals surface area contributed by atoms with Gasteiger partial charge in [-0.05, 0) is 19.8 Å². The van der Waals surface area contributed by atoms with Crippen LogP contribution in [0.2, 0.25) is 0 Å². The zero-order valence-electron chi connectivity index (χ0n) is 10.5. The summed E-state index contributed by atoms with van der Waals surface area (Å²) in [5, 5.41) is 8.68. The molecule has 4 nitrogen and oxygen atoms in total. The average molecular weight is 228 g/mol. The molecule has 0 saturated carbocycles. The van der Waals surface area contributed by atoms with Crippen LogP contribution in [0.15, 0.2) is 0 Å². The van der Waals surface area contributed by atoms with Gasteiger partial charge in [0.15, 0.2) is 0 Å². The first-order valence-corrected chi connectivity index (χ1v) is 6.31. The molecule has 1 aliphatic heterocycles. The Kier molecular flexibility index (Phi) is 5.77. The van der Waals surface area contributed by atoms with Crippen LogP contribution in [0.1, 0.15) is 33.1 Å². The number of piperazine rings is 1. The number of aliphatic hydroxyl groups is 1. The summed E-state index contributed by atoms with van der Waals surface area (Å²) in [6.07, 6.45) is 2.24. The van der Waals surface area contributed by atoms with Crippen molar-refractivity contribution in [1.82, 2.24) is 9.80 Å². The summed E-state index contributed by atoms with van der Waals surface area (Å²) in [7, 11) is 0. The Hall–Kier alpha value is -0.610. The molecule has 4 heteroatoms. The largest absolute Gasteiger partial charge is 0.396 e. The summed E-state index contributed by atoms with van der Waals surface area (Å²) in [5.74, 6) is 0.192. The van der Waals surface area contributed by atoms with E-state index in [9.17, 15) is 4.79 Å². The number of hydrogen-bond acceptors (Lipinski definition) is 3. The van der Waals surface area contributed by atoms with Crippen molar-refractivity contribution in [2.75, 3.05) is 32.8 Å². The fourth-order valence-electron chi connectivity index (χ4n) is 2.06. The summed E-state index contributed by atoms with van der Waals surface area (Å²) in [6, 6.07) is 0.620. The molecule has 1 N–H and O–H groups in total. The second-order valence-corrected chi connectivity index (χ2v) is 4.50. The Labute approximate surface area is 98.2 Å². The van der Waals surface area contributed by atoms with Crippen molar-refractivity contribution in [3.8, 4) is 0 Å². The Balaban J connectivity index is 2.28. The van der Waals surface area contributed by atoms with Crippen LogP contribution in [0.5, 0.6) is 0 Å². The van der Waals surface area contributed by atoms with E-state index < -0.39 is 0 Å². The number of carbonyl (C=O) groups is 1. The van der Waals surface area contributed by atoms with E-state index in [1.165, 1.54) is 6.42 Å². The molecule has 1 rings (SSSR count). The van der Waals surface area contributed by atoms with Crippen molar-refractivity contribution in [1.29, 1.82) is 0 Å². The topological polar surface area (TPSA) is 43.8 Å². The summed E-state index contributed by atoms with van der Waals surface area (Å²) < 4.78 is 0. The minimum atomic E-state index is 0.110. The minimum absolute atomic E-state index is 0.110. The first-order valence-electron chi connectivity index (χ1n) is 6.31. The van der Waals surface area contributed by atoms with Crippen LogP contribution >= 0.6 is 0 Å². The number of rotatable bonds is 5. The minimum Gasteiger partial charge on any atom is -0.396 e. The molecule has 0 bridgehead atoms. The molecular weight excluding hydrogens is 204 g/mol. The van der Waals surface area contributed by atoms with Crippen LogP contribution in [0.25, 0.3) is 0 Å². The fraction of sp³-hybridized carbons (Fsp3) is 0.917. The van der Waals surface area contributed by atoms with Crippen molar-refractivity contribution in [3.05, 3.63) is 0 Å². The molecule has 1 aliphatic rings. The molecule has 0 aromatic carbocycles. The molecule has 1 atom stereocenters. The van der Waals surface area contributed by atoms with Crippen molar-refractivity contribution >= 4 is 5.91 Å². The third-order valence-corrected chi connectivity index (χ3v) is 3.43. The first-order chi connectivity index (χ1) is 7.69. The van der Waals surface area contributed by atoms with Gasteiger partial charge in [0.1, 0.15) is 0 Å². The Morgan fingerprint density at radius 1 is 1.31 bits per heavy atom. The Bertz CT molecular complexity index is 213. The quantitative estimate of drug-likeness (QED) is 0.753. The highest BCUT2D eigenvalue weighted by Crippen LogP contribution is 2.09. The lowest BCUT2D eigenvalue weighted by atomic mass is 10.2. The highest BCUT2D eigenvalue weighted by atomic mass is 16.3. The highest BCUT2D eigenvalue weighted by Gasteiger charge is 2.22. The van der Waals surface area contributed by atoms with Gasteiger partial charge >= 0.3 is 0 Å². The van der Waals surface area contributed by atoms with Gasteiger partial charge in [0.2, 0.25) is 5.91 Å². The molecule has 16 heavy (non-hydrogen) atoms. The van der Waals surface area contributed by atoms with Crippen LogP contribution < -0.4 is 0 Å². The summed E-state index contributed by atoms with van der Waals surface area (Å²) in [5.41, 5.74) is 0. The molecule has 94 valence electrons. The summed E-state index contributed by atoms with van der Waals surface area (Å²) in [6.45, 7) is 8.20. The van der Waals surface area contributed by atoms with E-state index in [1.807, 2.05) is 4.90 Å². The van der Waals surface area contributed by atoms with Crippen LogP contribution in [0.4, 0.5) is 0 Å². The van der Waals surface area contributed by atoms with Crippen molar-refractivity contribution in [2.45, 2.75) is 39.2 Å². The van der Waals surface area contributed by atoms with E-state index in [4.69, 9.17) is 5.11 Å². The molecule has 0 radical (unpaired) electrons. The second kappa shape index (κ2) is 6.86. The second-order valence-electron chi connectivity index (χ2n) is 4.50. The van der Waals surface area contributed by atoms with E-state index >= 15 is 0 Å². The van der Waals surface area contributed by atoms with Crippen LogP contribution in [-0.2, 0) is 4.79 Å². The van der Waals surface area contributed by atoms with Gasteiger partial charge in [0.25, 0.3) is 0 Å². The van der Waals surface area contributed by atoms with Crippen LogP contribution in [-0.4, -0.2) is 59.6 Å². The SMILES string of the molecule is CCC(C)N1CCN(C(=O)CCCO)CC1. The van der Waals surface area contributed by atoms with Gasteiger partial charge in [-0.1, -0.05) is 6.92 Å². The van der Waals surface area contributed by atoms with Gasteiger partial charge in [-0.3, -0.25) is 9.69 Å². The molecule has 1 amide bonds. The lowest BCUT2D eigenvalue weighted by Gasteiger charge is -2.37. The van der Waals surface area contributed by atoms with E-state index in [1.54, 1.807) is 0 Å². The van der Waals surface area contributed by atoms with Crippen LogP contribution in [0, 0.1) is 0 Å². The lowest BCUT2D eigenvalue weighted by Crippen LogP contribution is -2.51. The molecule has 1 fully saturated rings. The maximum Gasteiger partial charge on any atom is 0.222 e. The molecular formula is C12H24N2O2. The summed E-state index contributed by atoms with van der Waals surface area (Å²) in [4.78, 5) is 16.1. The Morgan fingerprint density at radius 3 is 2.44 bits per heavy atom. The Morgan fingerprint density at radius 2 is 1.94 bits per heavy atom. The lowest BCUT2D eigenvalue weighted by molar-refractivity contribution is -0.133. The molecule has 0 aromatic heterocycles. The zero-order valence-corrected chi connectivity index (χ0v) is 10.5. The number of nitrogens with zero attached hydrogens (tertiary/aromatic N) is 2. The average Bonchev–Trinajstić information content (AvgIpc) is 2.35. The van der Waals surface area contributed by atoms with Crippen molar-refractivity contribution in [2.24, 2.45) is 0 Å². The van der Waals surface area contributed by atoms with E-state index in [0.29, 0.717) is 18.9 Å². The summed E-state index contributed by atoms with van der Waals surface area (Å²) >= 11 is 0. The van der Waals surface area contributed by atoms with Crippen molar-refractivity contribution in [3.63, 3.8) is 0 Å². The maximum absolute atomic E-state index is 11.7. The molecule has 1 saturated heterocycles. The third kappa shape index (κ3) is 3.76. The molecule has 1 heterocycles. The molecule has 0 aromatic rings. The van der Waals surface area contributed by atoms with E-state index in [-0.39, 0.29) is 12.5 Å². The van der Waals surface area contributed by atoms with Gasteiger partial charge < -0.3 is 10.0 Å². The molecule has 1 unspecified atom stereocenters.